The molecule has 1 saturated heterocycles. The molecule has 2 atom stereocenters. The summed E-state index contributed by atoms with van der Waals surface area (Å²) in [6.45, 7) is 9.63. The Kier molecular flexibility index (Phi) is 4.88. The topological polar surface area (TPSA) is 29.5 Å². The van der Waals surface area contributed by atoms with Crippen LogP contribution < -0.4 is 0 Å². The monoisotopic (exact) mass is 339 g/mol. The Balaban J connectivity index is 2.50. The highest BCUT2D eigenvalue weighted by atomic mass is 127. The Morgan fingerprint density at radius 2 is 2.12 bits per heavy atom. The van der Waals surface area contributed by atoms with Crippen molar-refractivity contribution < 1.29 is 9.53 Å². The Bertz CT molecular complexity index is 248. The molecule has 0 unspecified atom stereocenters. The van der Waals surface area contributed by atoms with E-state index in [0.29, 0.717) is 9.84 Å². The van der Waals surface area contributed by atoms with E-state index in [1.54, 1.807) is 0 Å². The molecule has 1 heterocycles. The van der Waals surface area contributed by atoms with Crippen molar-refractivity contribution in [1.29, 1.82) is 0 Å². The van der Waals surface area contributed by atoms with E-state index in [0.717, 1.165) is 19.5 Å². The van der Waals surface area contributed by atoms with Crippen LogP contribution in [0.4, 0.5) is 4.79 Å². The molecular weight excluding hydrogens is 317 g/mol. The molecule has 1 amide bonds. The van der Waals surface area contributed by atoms with E-state index in [4.69, 9.17) is 4.74 Å². The van der Waals surface area contributed by atoms with Gasteiger partial charge in [0.25, 0.3) is 0 Å². The quantitative estimate of drug-likeness (QED) is 0.541. The van der Waals surface area contributed by atoms with Gasteiger partial charge in [-0.3, -0.25) is 0 Å². The number of hydrogen-bond donors (Lipinski definition) is 0. The third-order valence-electron chi connectivity index (χ3n) is 2.76. The summed E-state index contributed by atoms with van der Waals surface area (Å²) in [6, 6.07) is 0. The second kappa shape index (κ2) is 5.56. The van der Waals surface area contributed by atoms with Crippen LogP contribution in [-0.4, -0.2) is 33.6 Å². The van der Waals surface area contributed by atoms with Crippen molar-refractivity contribution in [2.45, 2.75) is 50.1 Å². The first-order valence-corrected chi connectivity index (χ1v) is 7.16. The molecule has 0 bridgehead atoms. The first-order chi connectivity index (χ1) is 7.29. The molecule has 0 aromatic carbocycles. The van der Waals surface area contributed by atoms with Crippen LogP contribution in [0.2, 0.25) is 0 Å². The average molecular weight is 339 g/mol. The average Bonchev–Trinajstić information content (AvgIpc) is 2.15. The zero-order valence-electron chi connectivity index (χ0n) is 10.6. The van der Waals surface area contributed by atoms with Crippen molar-refractivity contribution in [2.75, 3.05) is 13.1 Å². The van der Waals surface area contributed by atoms with E-state index in [2.05, 4.69) is 29.5 Å². The van der Waals surface area contributed by atoms with Gasteiger partial charge in [-0.1, -0.05) is 29.5 Å². The third-order valence-corrected chi connectivity index (χ3v) is 3.78. The number of alkyl halides is 1. The number of halogens is 1. The summed E-state index contributed by atoms with van der Waals surface area (Å²) in [6.07, 6.45) is 2.16. The third kappa shape index (κ3) is 4.47. The van der Waals surface area contributed by atoms with Crippen molar-refractivity contribution in [3.63, 3.8) is 0 Å². The molecule has 0 aromatic rings. The molecule has 1 rings (SSSR count). The van der Waals surface area contributed by atoms with E-state index < -0.39 is 0 Å². The second-order valence-electron chi connectivity index (χ2n) is 5.51. The number of rotatable bonds is 1. The SMILES string of the molecule is C[C@H](I)[C@H]1CCCN(C(=O)OC(C)(C)C)C1. The van der Waals surface area contributed by atoms with Gasteiger partial charge in [0.15, 0.2) is 0 Å². The molecule has 0 aliphatic carbocycles. The maximum Gasteiger partial charge on any atom is 0.410 e. The maximum absolute atomic E-state index is 11.9. The molecule has 3 nitrogen and oxygen atoms in total. The summed E-state index contributed by atoms with van der Waals surface area (Å²) < 4.78 is 6.00. The number of carbonyl (C=O) groups excluding carboxylic acids is 1. The molecule has 0 radical (unpaired) electrons. The molecule has 0 aromatic heterocycles. The summed E-state index contributed by atoms with van der Waals surface area (Å²) in [5, 5.41) is 0. The van der Waals surface area contributed by atoms with Gasteiger partial charge < -0.3 is 9.64 Å². The molecule has 1 aliphatic rings. The van der Waals surface area contributed by atoms with Crippen LogP contribution in [0.25, 0.3) is 0 Å². The highest BCUT2D eigenvalue weighted by Crippen LogP contribution is 2.25. The summed E-state index contributed by atoms with van der Waals surface area (Å²) in [5.41, 5.74) is -0.389. The lowest BCUT2D eigenvalue weighted by Crippen LogP contribution is -2.44. The van der Waals surface area contributed by atoms with E-state index in [1.165, 1.54) is 6.42 Å². The van der Waals surface area contributed by atoms with Crippen LogP contribution in [0, 0.1) is 5.92 Å². The van der Waals surface area contributed by atoms with Crippen LogP contribution in [0.15, 0.2) is 0 Å². The van der Waals surface area contributed by atoms with Gasteiger partial charge in [-0.15, -0.1) is 0 Å². The summed E-state index contributed by atoms with van der Waals surface area (Å²) in [5.74, 6) is 0.613. The van der Waals surface area contributed by atoms with Crippen LogP contribution in [0.1, 0.15) is 40.5 Å². The minimum Gasteiger partial charge on any atom is -0.444 e. The first-order valence-electron chi connectivity index (χ1n) is 5.91. The molecule has 16 heavy (non-hydrogen) atoms. The van der Waals surface area contributed by atoms with E-state index in [-0.39, 0.29) is 11.7 Å². The first kappa shape index (κ1) is 14.1. The molecule has 0 saturated carbocycles. The van der Waals surface area contributed by atoms with Gasteiger partial charge in [-0.25, -0.2) is 4.79 Å². The van der Waals surface area contributed by atoms with E-state index in [9.17, 15) is 4.79 Å². The van der Waals surface area contributed by atoms with Crippen molar-refractivity contribution in [3.8, 4) is 0 Å². The number of amides is 1. The highest BCUT2D eigenvalue weighted by Gasteiger charge is 2.29. The molecule has 0 N–H and O–H groups in total. The molecule has 0 spiro atoms. The Hall–Kier alpha value is 0. The molecular formula is C12H22INO2. The predicted molar refractivity (Wildman–Crippen MR) is 74.0 cm³/mol. The van der Waals surface area contributed by atoms with Crippen molar-refractivity contribution >= 4 is 28.7 Å². The van der Waals surface area contributed by atoms with E-state index in [1.807, 2.05) is 25.7 Å². The van der Waals surface area contributed by atoms with E-state index >= 15 is 0 Å². The number of ether oxygens (including phenoxy) is 1. The number of piperidine rings is 1. The van der Waals surface area contributed by atoms with Crippen molar-refractivity contribution in [3.05, 3.63) is 0 Å². The second-order valence-corrected chi connectivity index (χ2v) is 7.47. The Labute approximate surface area is 112 Å². The molecule has 1 fully saturated rings. The minimum absolute atomic E-state index is 0.158. The standard InChI is InChI=1S/C12H22INO2/c1-9(13)10-6-5-7-14(8-10)11(15)16-12(2,3)4/h9-10H,5-8H2,1-4H3/t9-,10-/m0/s1. The lowest BCUT2D eigenvalue weighted by Gasteiger charge is -2.35. The highest BCUT2D eigenvalue weighted by molar-refractivity contribution is 14.1. The van der Waals surface area contributed by atoms with Crippen LogP contribution in [0.5, 0.6) is 0 Å². The number of hydrogen-bond acceptors (Lipinski definition) is 2. The summed E-state index contributed by atoms with van der Waals surface area (Å²) in [7, 11) is 0. The van der Waals surface area contributed by atoms with Crippen molar-refractivity contribution in [2.24, 2.45) is 5.92 Å². The zero-order chi connectivity index (χ0) is 12.3. The number of likely N-dealkylation sites (tertiary alicyclic amines) is 1. The van der Waals surface area contributed by atoms with Gasteiger partial charge in [-0.05, 0) is 39.5 Å². The minimum atomic E-state index is -0.389. The van der Waals surface area contributed by atoms with Gasteiger partial charge in [0, 0.05) is 17.0 Å². The fourth-order valence-corrected chi connectivity index (χ4v) is 2.46. The molecule has 94 valence electrons. The van der Waals surface area contributed by atoms with Crippen molar-refractivity contribution in [1.82, 2.24) is 4.90 Å². The fraction of sp³-hybridized carbons (Fsp3) is 0.917. The lowest BCUT2D eigenvalue weighted by molar-refractivity contribution is 0.0169. The van der Waals surface area contributed by atoms with Crippen LogP contribution in [-0.2, 0) is 4.74 Å². The zero-order valence-corrected chi connectivity index (χ0v) is 12.8. The van der Waals surface area contributed by atoms with Gasteiger partial charge in [0.1, 0.15) is 5.60 Å². The predicted octanol–water partition coefficient (Wildman–Crippen LogP) is 3.46. The van der Waals surface area contributed by atoms with Gasteiger partial charge >= 0.3 is 6.09 Å². The summed E-state index contributed by atoms with van der Waals surface area (Å²) in [4.78, 5) is 13.7. The van der Waals surface area contributed by atoms with Gasteiger partial charge in [0.2, 0.25) is 0 Å². The summed E-state index contributed by atoms with van der Waals surface area (Å²) >= 11 is 2.44. The maximum atomic E-state index is 11.9. The lowest BCUT2D eigenvalue weighted by atomic mass is 9.96. The molecule has 1 aliphatic heterocycles. The largest absolute Gasteiger partial charge is 0.444 e. The Morgan fingerprint density at radius 1 is 1.50 bits per heavy atom. The fourth-order valence-electron chi connectivity index (χ4n) is 1.88. The van der Waals surface area contributed by atoms with Crippen LogP contribution >= 0.6 is 22.6 Å². The van der Waals surface area contributed by atoms with Gasteiger partial charge in [-0.2, -0.15) is 0 Å². The number of carbonyl (C=O) groups is 1. The van der Waals surface area contributed by atoms with Gasteiger partial charge in [0.05, 0.1) is 0 Å². The Morgan fingerprint density at radius 3 is 2.62 bits per heavy atom. The van der Waals surface area contributed by atoms with Crippen LogP contribution in [0.3, 0.4) is 0 Å². The molecule has 4 heteroatoms. The smallest absolute Gasteiger partial charge is 0.410 e. The number of nitrogens with zero attached hydrogens (tertiary/aromatic N) is 1. The normalized spacial score (nSPS) is 24.1.